The summed E-state index contributed by atoms with van der Waals surface area (Å²) in [5.41, 5.74) is -0.117. The molecule has 2 amide bonds. The topological polar surface area (TPSA) is 52.7 Å². The van der Waals surface area contributed by atoms with E-state index >= 15 is 0 Å². The van der Waals surface area contributed by atoms with Gasteiger partial charge in [-0.05, 0) is 44.6 Å². The SMILES string of the molecule is Cl.O=C1CCCN1C1CCN(C(=O)[C@@]23CCCC[C@H]2CNC3)CC1. The number of amides is 2. The molecule has 4 aliphatic rings. The summed E-state index contributed by atoms with van der Waals surface area (Å²) in [6, 6.07) is 0.371. The average molecular weight is 356 g/mol. The Kier molecular flexibility index (Phi) is 5.40. The lowest BCUT2D eigenvalue weighted by atomic mass is 9.67. The highest BCUT2D eigenvalue weighted by Crippen LogP contribution is 2.45. The Morgan fingerprint density at radius 1 is 1.08 bits per heavy atom. The van der Waals surface area contributed by atoms with Crippen molar-refractivity contribution in [1.29, 1.82) is 0 Å². The second kappa shape index (κ2) is 7.20. The minimum absolute atomic E-state index is 0. The van der Waals surface area contributed by atoms with Gasteiger partial charge >= 0.3 is 0 Å². The maximum absolute atomic E-state index is 13.3. The van der Waals surface area contributed by atoms with Crippen LogP contribution in [0.5, 0.6) is 0 Å². The molecular weight excluding hydrogens is 326 g/mol. The molecule has 0 aromatic heterocycles. The number of hydrogen-bond acceptors (Lipinski definition) is 3. The largest absolute Gasteiger partial charge is 0.342 e. The normalized spacial score (nSPS) is 34.2. The molecule has 3 aliphatic heterocycles. The molecule has 24 heavy (non-hydrogen) atoms. The summed E-state index contributed by atoms with van der Waals surface area (Å²) in [6.45, 7) is 4.49. The maximum atomic E-state index is 13.3. The lowest BCUT2D eigenvalue weighted by Crippen LogP contribution is -2.54. The third-order valence-corrected chi connectivity index (χ3v) is 6.77. The summed E-state index contributed by atoms with van der Waals surface area (Å²) < 4.78 is 0. The number of nitrogens with zero attached hydrogens (tertiary/aromatic N) is 2. The fraction of sp³-hybridized carbons (Fsp3) is 0.889. The van der Waals surface area contributed by atoms with E-state index in [9.17, 15) is 9.59 Å². The highest BCUT2D eigenvalue weighted by molar-refractivity contribution is 5.85. The molecule has 0 radical (unpaired) electrons. The van der Waals surface area contributed by atoms with E-state index in [0.29, 0.717) is 23.8 Å². The fourth-order valence-corrected chi connectivity index (χ4v) is 5.42. The van der Waals surface area contributed by atoms with Crippen molar-refractivity contribution in [3.63, 3.8) is 0 Å². The van der Waals surface area contributed by atoms with Crippen LogP contribution in [0, 0.1) is 11.3 Å². The quantitative estimate of drug-likeness (QED) is 0.821. The Labute approximate surface area is 150 Å². The van der Waals surface area contributed by atoms with Gasteiger partial charge in [0, 0.05) is 38.6 Å². The van der Waals surface area contributed by atoms with Crippen LogP contribution >= 0.6 is 12.4 Å². The van der Waals surface area contributed by atoms with E-state index in [2.05, 4.69) is 15.1 Å². The van der Waals surface area contributed by atoms with Gasteiger partial charge < -0.3 is 15.1 Å². The van der Waals surface area contributed by atoms with Crippen LogP contribution in [0.3, 0.4) is 0 Å². The number of nitrogens with one attached hydrogen (secondary N) is 1. The summed E-state index contributed by atoms with van der Waals surface area (Å²) in [4.78, 5) is 29.4. The van der Waals surface area contributed by atoms with Crippen molar-refractivity contribution in [1.82, 2.24) is 15.1 Å². The van der Waals surface area contributed by atoms with Crippen LogP contribution < -0.4 is 5.32 Å². The third kappa shape index (κ3) is 2.94. The molecule has 1 aliphatic carbocycles. The zero-order chi connectivity index (χ0) is 15.9. The number of carbonyl (C=O) groups is 2. The number of hydrogen-bond donors (Lipinski definition) is 1. The number of likely N-dealkylation sites (tertiary alicyclic amines) is 2. The molecule has 5 nitrogen and oxygen atoms in total. The molecule has 4 rings (SSSR count). The van der Waals surface area contributed by atoms with E-state index in [-0.39, 0.29) is 17.8 Å². The number of piperidine rings is 1. The monoisotopic (exact) mass is 355 g/mol. The lowest BCUT2D eigenvalue weighted by molar-refractivity contribution is -0.147. The lowest BCUT2D eigenvalue weighted by Gasteiger charge is -2.44. The van der Waals surface area contributed by atoms with E-state index in [4.69, 9.17) is 0 Å². The van der Waals surface area contributed by atoms with Gasteiger partial charge in [-0.1, -0.05) is 12.8 Å². The van der Waals surface area contributed by atoms with Gasteiger partial charge in [0.2, 0.25) is 11.8 Å². The summed E-state index contributed by atoms with van der Waals surface area (Å²) in [7, 11) is 0. The first-order chi connectivity index (χ1) is 11.2. The van der Waals surface area contributed by atoms with Gasteiger partial charge in [-0.15, -0.1) is 12.4 Å². The smallest absolute Gasteiger partial charge is 0.230 e. The van der Waals surface area contributed by atoms with Gasteiger partial charge in [0.1, 0.15) is 0 Å². The molecule has 4 fully saturated rings. The van der Waals surface area contributed by atoms with Crippen LogP contribution in [0.1, 0.15) is 51.4 Å². The Morgan fingerprint density at radius 2 is 1.88 bits per heavy atom. The highest BCUT2D eigenvalue weighted by atomic mass is 35.5. The average Bonchev–Trinajstić information content (AvgIpc) is 3.21. The van der Waals surface area contributed by atoms with Crippen molar-refractivity contribution in [2.75, 3.05) is 32.7 Å². The van der Waals surface area contributed by atoms with Crippen molar-refractivity contribution in [3.05, 3.63) is 0 Å². The van der Waals surface area contributed by atoms with Crippen LogP contribution in [0.15, 0.2) is 0 Å². The maximum Gasteiger partial charge on any atom is 0.230 e. The Balaban J connectivity index is 0.00000169. The van der Waals surface area contributed by atoms with Crippen molar-refractivity contribution in [2.45, 2.75) is 57.4 Å². The molecule has 0 aromatic rings. The Hall–Kier alpha value is -0.810. The van der Waals surface area contributed by atoms with Crippen molar-refractivity contribution in [2.24, 2.45) is 11.3 Å². The Bertz CT molecular complexity index is 493. The summed E-state index contributed by atoms with van der Waals surface area (Å²) in [5, 5.41) is 3.48. The van der Waals surface area contributed by atoms with Crippen LogP contribution in [0.25, 0.3) is 0 Å². The second-order valence-corrected chi connectivity index (χ2v) is 7.94. The van der Waals surface area contributed by atoms with Crippen LogP contribution in [0.4, 0.5) is 0 Å². The van der Waals surface area contributed by atoms with Gasteiger partial charge in [0.05, 0.1) is 5.41 Å². The zero-order valence-electron chi connectivity index (χ0n) is 14.5. The van der Waals surface area contributed by atoms with E-state index in [1.807, 2.05) is 0 Å². The minimum Gasteiger partial charge on any atom is -0.342 e. The standard InChI is InChI=1S/C18H29N3O2.ClH/c22-16-5-3-9-21(16)15-6-10-20(11-7-15)17(23)18-8-2-1-4-14(18)12-19-13-18;/h14-15,19H,1-13H2;1H/t14-,18+;/m0./s1. The fourth-order valence-electron chi connectivity index (χ4n) is 5.42. The second-order valence-electron chi connectivity index (χ2n) is 7.94. The predicted molar refractivity (Wildman–Crippen MR) is 95.1 cm³/mol. The number of halogens is 1. The predicted octanol–water partition coefficient (Wildman–Crippen LogP) is 1.80. The molecule has 3 saturated heterocycles. The van der Waals surface area contributed by atoms with Gasteiger partial charge in [-0.2, -0.15) is 0 Å². The van der Waals surface area contributed by atoms with E-state index < -0.39 is 0 Å². The molecule has 2 atom stereocenters. The molecule has 6 heteroatoms. The first kappa shape index (κ1) is 18.0. The van der Waals surface area contributed by atoms with Gasteiger partial charge in [0.15, 0.2) is 0 Å². The molecule has 0 bridgehead atoms. The summed E-state index contributed by atoms with van der Waals surface area (Å²) >= 11 is 0. The molecule has 0 unspecified atom stereocenters. The van der Waals surface area contributed by atoms with Gasteiger partial charge in [-0.25, -0.2) is 0 Å². The summed E-state index contributed by atoms with van der Waals surface area (Å²) in [6.07, 6.45) is 8.40. The van der Waals surface area contributed by atoms with Gasteiger partial charge in [-0.3, -0.25) is 9.59 Å². The van der Waals surface area contributed by atoms with E-state index in [0.717, 1.165) is 64.8 Å². The highest BCUT2D eigenvalue weighted by Gasteiger charge is 2.51. The molecule has 3 heterocycles. The van der Waals surface area contributed by atoms with Crippen molar-refractivity contribution in [3.8, 4) is 0 Å². The number of rotatable bonds is 2. The number of fused-ring (bicyclic) bond motifs is 1. The number of carbonyl (C=O) groups excluding carboxylic acids is 2. The van der Waals surface area contributed by atoms with Crippen LogP contribution in [0.2, 0.25) is 0 Å². The van der Waals surface area contributed by atoms with Crippen molar-refractivity contribution < 1.29 is 9.59 Å². The van der Waals surface area contributed by atoms with E-state index in [1.165, 1.54) is 19.3 Å². The first-order valence-electron chi connectivity index (χ1n) is 9.50. The molecule has 1 N–H and O–H groups in total. The zero-order valence-corrected chi connectivity index (χ0v) is 15.3. The molecule has 0 aromatic carbocycles. The van der Waals surface area contributed by atoms with Gasteiger partial charge in [0.25, 0.3) is 0 Å². The molecular formula is C18H30ClN3O2. The van der Waals surface area contributed by atoms with E-state index in [1.54, 1.807) is 0 Å². The molecule has 0 spiro atoms. The van der Waals surface area contributed by atoms with Crippen molar-refractivity contribution >= 4 is 24.2 Å². The minimum atomic E-state index is -0.117. The Morgan fingerprint density at radius 3 is 2.58 bits per heavy atom. The van der Waals surface area contributed by atoms with Crippen LogP contribution in [-0.4, -0.2) is 60.4 Å². The van der Waals surface area contributed by atoms with Crippen LogP contribution in [-0.2, 0) is 9.59 Å². The first-order valence-corrected chi connectivity index (χ1v) is 9.50. The third-order valence-electron chi connectivity index (χ3n) is 6.77. The summed E-state index contributed by atoms with van der Waals surface area (Å²) in [5.74, 6) is 1.26. The molecule has 1 saturated carbocycles. The molecule has 136 valence electrons.